The lowest BCUT2D eigenvalue weighted by Gasteiger charge is -2.27. The molecule has 12 nitrogen and oxygen atoms in total. The number of rotatable bonds is 23. The van der Waals surface area contributed by atoms with Crippen molar-refractivity contribution in [2.75, 3.05) is 35.8 Å². The zero-order valence-electron chi connectivity index (χ0n) is 34.9. The molecule has 0 unspecified atom stereocenters. The first-order chi connectivity index (χ1) is 30.3. The highest BCUT2D eigenvalue weighted by Gasteiger charge is 2.76. The number of hydrogen-bond donors (Lipinski definition) is 4. The number of amides is 3. The van der Waals surface area contributed by atoms with Gasteiger partial charge in [-0.25, -0.2) is 9.59 Å². The summed E-state index contributed by atoms with van der Waals surface area (Å²) in [6.07, 6.45) is 3.37. The number of hydrogen-bond acceptors (Lipinski definition) is 9. The number of carbonyl (C=O) groups is 3. The van der Waals surface area contributed by atoms with E-state index in [1.807, 2.05) is 31.2 Å². The summed E-state index contributed by atoms with van der Waals surface area (Å²) in [5.41, 5.74) is 0.994. The van der Waals surface area contributed by atoms with Crippen LogP contribution in [0.5, 0.6) is 28.7 Å². The van der Waals surface area contributed by atoms with Gasteiger partial charge >= 0.3 is 35.9 Å². The van der Waals surface area contributed by atoms with E-state index in [-0.39, 0.29) is 42.6 Å². The molecule has 0 radical (unpaired) electrons. The topological polar surface area (TPSA) is 168 Å². The van der Waals surface area contributed by atoms with Gasteiger partial charge in [-0.1, -0.05) is 75.6 Å². The van der Waals surface area contributed by atoms with Crippen molar-refractivity contribution >= 4 is 35.0 Å². The van der Waals surface area contributed by atoms with Gasteiger partial charge in [-0.15, -0.1) is 0 Å². The van der Waals surface area contributed by atoms with Crippen LogP contribution >= 0.6 is 0 Å². The van der Waals surface area contributed by atoms with Crippen LogP contribution in [-0.2, 0) is 20.7 Å². The Bertz CT molecular complexity index is 2250. The second-order valence-corrected chi connectivity index (χ2v) is 14.5. The van der Waals surface area contributed by atoms with Gasteiger partial charge in [0.05, 0.1) is 23.0 Å². The van der Waals surface area contributed by atoms with E-state index in [1.54, 1.807) is 0 Å². The number of carbonyl (C=O) groups excluding carboxylic acids is 3. The molecule has 4 aromatic rings. The van der Waals surface area contributed by atoms with Crippen LogP contribution in [0.15, 0.2) is 78.9 Å². The summed E-state index contributed by atoms with van der Waals surface area (Å²) in [5.74, 6) is -18.1. The van der Waals surface area contributed by atoms with E-state index >= 15 is 0 Å². The number of phenols is 1. The number of ether oxygens (including phenoxy) is 4. The van der Waals surface area contributed by atoms with Crippen molar-refractivity contribution in [1.82, 2.24) is 0 Å². The number of nitrogens with zero attached hydrogens (tertiary/aromatic N) is 1. The highest BCUT2D eigenvalue weighted by atomic mass is 19.4. The molecule has 0 heterocycles. The molecule has 64 heavy (non-hydrogen) atoms. The summed E-state index contributed by atoms with van der Waals surface area (Å²) < 4.78 is 117. The largest absolute Gasteiger partial charge is 0.506 e. The van der Waals surface area contributed by atoms with Crippen molar-refractivity contribution in [3.63, 3.8) is 0 Å². The fourth-order valence-corrected chi connectivity index (χ4v) is 6.03. The third-order valence-electron chi connectivity index (χ3n) is 9.41. The fraction of sp³-hybridized carbons (Fsp3) is 0.378. The molecule has 344 valence electrons. The van der Waals surface area contributed by atoms with Gasteiger partial charge in [0.25, 0.3) is 0 Å². The first-order valence-corrected chi connectivity index (χ1v) is 20.2. The Labute approximate surface area is 364 Å². The van der Waals surface area contributed by atoms with Gasteiger partial charge in [0.15, 0.2) is 12.4 Å². The Morgan fingerprint density at radius 2 is 1.39 bits per heavy atom. The number of unbranched alkanes of at least 4 members (excludes halogenated alkanes) is 7. The summed E-state index contributed by atoms with van der Waals surface area (Å²) in [5, 5.41) is 25.4. The Balaban J connectivity index is 1.39. The molecule has 0 atom stereocenters. The molecule has 0 spiro atoms. The number of phenolic OH excluding ortho intramolecular Hbond substituents is 1. The van der Waals surface area contributed by atoms with Gasteiger partial charge in [-0.05, 0) is 67.8 Å². The first-order valence-electron chi connectivity index (χ1n) is 20.2. The number of benzene rings is 4. The van der Waals surface area contributed by atoms with Crippen LogP contribution in [0.3, 0.4) is 0 Å². The monoisotopic (exact) mass is 904 g/mol. The second-order valence-electron chi connectivity index (χ2n) is 14.5. The predicted molar refractivity (Wildman–Crippen MR) is 222 cm³/mol. The molecule has 4 aromatic carbocycles. The number of esters is 1. The zero-order chi connectivity index (χ0) is 46.9. The smallest absolute Gasteiger partial charge is 0.460 e. The van der Waals surface area contributed by atoms with Crippen molar-refractivity contribution < 1.29 is 69.2 Å². The number of nitriles is 1. The van der Waals surface area contributed by atoms with Gasteiger partial charge in [0.2, 0.25) is 0 Å². The van der Waals surface area contributed by atoms with Crippen molar-refractivity contribution in [2.24, 2.45) is 0 Å². The summed E-state index contributed by atoms with van der Waals surface area (Å²) in [4.78, 5) is 37.5. The van der Waals surface area contributed by atoms with Crippen molar-refractivity contribution in [2.45, 2.75) is 89.7 Å². The molecule has 3 amide bonds. The molecular weight excluding hydrogens is 858 g/mol. The van der Waals surface area contributed by atoms with Crippen LogP contribution in [0.2, 0.25) is 0 Å². The van der Waals surface area contributed by atoms with Crippen LogP contribution in [0, 0.1) is 18.3 Å². The van der Waals surface area contributed by atoms with E-state index in [9.17, 15) is 50.2 Å². The molecule has 0 fully saturated rings. The summed E-state index contributed by atoms with van der Waals surface area (Å²) in [6.45, 7) is 3.38. The highest BCUT2D eigenvalue weighted by Crippen LogP contribution is 2.48. The van der Waals surface area contributed by atoms with Crippen molar-refractivity contribution in [1.29, 1.82) is 5.26 Å². The minimum Gasteiger partial charge on any atom is -0.506 e. The molecule has 0 aliphatic carbocycles. The number of anilines is 3. The highest BCUT2D eigenvalue weighted by molar-refractivity contribution is 6.02. The Morgan fingerprint density at radius 1 is 0.719 bits per heavy atom. The van der Waals surface area contributed by atoms with E-state index in [2.05, 4.69) is 17.6 Å². The number of nitrogens with one attached hydrogen (secondary N) is 3. The number of aryl methyl sites for hydroxylation is 2. The SMILES string of the molecule is CCCCCCCCCCc1cc(C)ccc1OCC(=O)OCCOc1cccc(Oc2cc(NC(=O)Nc3ccc(C#N)cc3)c(O)cc2NC(=O)C(F)(F)C(F)(F)C(F)(F)F)c1. The second kappa shape index (κ2) is 23.1. The van der Waals surface area contributed by atoms with Gasteiger partial charge in [-0.3, -0.25) is 4.79 Å². The molecule has 19 heteroatoms. The normalized spacial score (nSPS) is 11.6. The summed E-state index contributed by atoms with van der Waals surface area (Å²) in [7, 11) is 0. The Morgan fingerprint density at radius 3 is 2.06 bits per heavy atom. The molecular formula is C45H47F7N4O8. The Kier molecular flexibility index (Phi) is 18.0. The van der Waals surface area contributed by atoms with Crippen LogP contribution in [-0.4, -0.2) is 60.9 Å². The van der Waals surface area contributed by atoms with Gasteiger partial charge < -0.3 is 40.0 Å². The van der Waals surface area contributed by atoms with Crippen molar-refractivity contribution in [3.8, 4) is 34.8 Å². The Hall–Kier alpha value is -6.71. The van der Waals surface area contributed by atoms with E-state index in [4.69, 9.17) is 24.2 Å². The lowest BCUT2D eigenvalue weighted by atomic mass is 10.0. The third kappa shape index (κ3) is 14.4. The number of halogens is 7. The average Bonchev–Trinajstić information content (AvgIpc) is 3.24. The molecule has 0 saturated carbocycles. The lowest BCUT2D eigenvalue weighted by molar-refractivity contribution is -0.343. The number of aromatic hydroxyl groups is 1. The number of alkyl halides is 7. The van der Waals surface area contributed by atoms with Gasteiger partial charge in [0, 0.05) is 23.9 Å². The molecule has 4 N–H and O–H groups in total. The molecule has 0 aliphatic heterocycles. The van der Waals surface area contributed by atoms with E-state index in [1.165, 1.54) is 86.0 Å². The zero-order valence-corrected chi connectivity index (χ0v) is 34.9. The van der Waals surface area contributed by atoms with Crippen LogP contribution in [0.25, 0.3) is 0 Å². The van der Waals surface area contributed by atoms with E-state index in [0.29, 0.717) is 11.8 Å². The molecule has 4 rings (SSSR count). The average molecular weight is 905 g/mol. The lowest BCUT2D eigenvalue weighted by Crippen LogP contribution is -2.57. The maximum absolute atomic E-state index is 14.3. The van der Waals surface area contributed by atoms with Crippen LogP contribution < -0.4 is 30.2 Å². The maximum Gasteiger partial charge on any atom is 0.460 e. The summed E-state index contributed by atoms with van der Waals surface area (Å²) in [6, 6.07) is 18.6. The third-order valence-corrected chi connectivity index (χ3v) is 9.41. The fourth-order valence-electron chi connectivity index (χ4n) is 6.03. The van der Waals surface area contributed by atoms with E-state index < -0.39 is 58.8 Å². The molecule has 0 aliphatic rings. The van der Waals surface area contributed by atoms with Crippen LogP contribution in [0.4, 0.5) is 52.6 Å². The molecule has 0 aromatic heterocycles. The van der Waals surface area contributed by atoms with E-state index in [0.717, 1.165) is 42.9 Å². The maximum atomic E-state index is 14.3. The van der Waals surface area contributed by atoms with Gasteiger partial charge in [-0.2, -0.15) is 36.0 Å². The summed E-state index contributed by atoms with van der Waals surface area (Å²) >= 11 is 0. The molecule has 0 saturated heterocycles. The minimum atomic E-state index is -6.82. The van der Waals surface area contributed by atoms with Crippen LogP contribution in [0.1, 0.15) is 75.0 Å². The molecule has 0 bridgehead atoms. The standard InChI is InChI=1S/C45H47F7N4O8/c1-3-4-5-6-7-8-9-10-12-31-23-29(2)15-20-38(31)63-28-40(58)62-22-21-61-33-13-11-14-34(24-33)64-39-26-35(56-42(60)54-32-18-16-30(27-53)17-19-32)37(57)25-36(39)55-41(59)43(46,47)44(48,49)45(50,51)52/h11,13-20,23-26,57H,3-10,12,21-22,28H2,1-2H3,(H,55,59)(H2,54,56,60). The number of urea groups is 1. The minimum absolute atomic E-state index is 0.0796. The predicted octanol–water partition coefficient (Wildman–Crippen LogP) is 11.5. The van der Waals surface area contributed by atoms with Crippen molar-refractivity contribution in [3.05, 3.63) is 95.6 Å². The van der Waals surface area contributed by atoms with Gasteiger partial charge in [0.1, 0.15) is 36.2 Å². The quantitative estimate of drug-likeness (QED) is 0.0245. The first kappa shape index (κ1) is 49.9.